The topological polar surface area (TPSA) is 32.3 Å². The number of rotatable bonds is 3. The zero-order chi connectivity index (χ0) is 14.5. The monoisotopic (exact) mass is 294 g/mol. The molecule has 0 aliphatic carbocycles. The molecule has 2 rings (SSSR count). The molecule has 1 amide bonds. The number of nitrogens with one attached hydrogen (secondary N) is 1. The molecule has 1 saturated heterocycles. The van der Waals surface area contributed by atoms with E-state index >= 15 is 0 Å². The van der Waals surface area contributed by atoms with Crippen LogP contribution in [0.4, 0.5) is 0 Å². The standard InChI is InChI=1S/C16H23ClN2O/c1-12(2)10-13-11-19(9-5-8-18-13)16(20)14-6-3-4-7-15(14)17/h3-4,6-7,12-13,18H,5,8-11H2,1-2H3. The van der Waals surface area contributed by atoms with Gasteiger partial charge in [-0.25, -0.2) is 0 Å². The van der Waals surface area contributed by atoms with Crippen LogP contribution >= 0.6 is 11.6 Å². The molecule has 4 heteroatoms. The zero-order valence-corrected chi connectivity index (χ0v) is 13.0. The summed E-state index contributed by atoms with van der Waals surface area (Å²) in [4.78, 5) is 14.6. The molecule has 20 heavy (non-hydrogen) atoms. The normalized spacial score (nSPS) is 20.0. The quantitative estimate of drug-likeness (QED) is 0.928. The molecule has 0 spiro atoms. The molecule has 1 aromatic rings. The Balaban J connectivity index is 2.10. The van der Waals surface area contributed by atoms with Crippen molar-refractivity contribution in [3.63, 3.8) is 0 Å². The van der Waals surface area contributed by atoms with E-state index in [2.05, 4.69) is 19.2 Å². The largest absolute Gasteiger partial charge is 0.337 e. The molecule has 0 bridgehead atoms. The summed E-state index contributed by atoms with van der Waals surface area (Å²) in [6.45, 7) is 6.97. The molecule has 3 nitrogen and oxygen atoms in total. The molecule has 1 heterocycles. The first-order chi connectivity index (χ1) is 9.58. The highest BCUT2D eigenvalue weighted by Gasteiger charge is 2.24. The smallest absolute Gasteiger partial charge is 0.255 e. The molecule has 0 aromatic heterocycles. The van der Waals surface area contributed by atoms with Gasteiger partial charge in [0, 0.05) is 19.1 Å². The lowest BCUT2D eigenvalue weighted by Crippen LogP contribution is -2.41. The van der Waals surface area contributed by atoms with Crippen LogP contribution in [-0.2, 0) is 0 Å². The van der Waals surface area contributed by atoms with E-state index in [0.717, 1.165) is 32.5 Å². The summed E-state index contributed by atoms with van der Waals surface area (Å²) in [6, 6.07) is 7.67. The van der Waals surface area contributed by atoms with E-state index in [9.17, 15) is 4.79 Å². The Morgan fingerprint density at radius 2 is 2.20 bits per heavy atom. The van der Waals surface area contributed by atoms with Crippen LogP contribution in [0.25, 0.3) is 0 Å². The summed E-state index contributed by atoms with van der Waals surface area (Å²) < 4.78 is 0. The Morgan fingerprint density at radius 3 is 2.90 bits per heavy atom. The van der Waals surface area contributed by atoms with Gasteiger partial charge in [0.15, 0.2) is 0 Å². The first-order valence-electron chi connectivity index (χ1n) is 7.35. The third-order valence-electron chi connectivity index (χ3n) is 3.63. The first kappa shape index (κ1) is 15.3. The fraction of sp³-hybridized carbons (Fsp3) is 0.562. The van der Waals surface area contributed by atoms with Crippen LogP contribution in [0.1, 0.15) is 37.0 Å². The summed E-state index contributed by atoms with van der Waals surface area (Å²) in [5, 5.41) is 4.07. The molecular weight excluding hydrogens is 272 g/mol. The predicted octanol–water partition coefficient (Wildman–Crippen LogP) is 3.19. The first-order valence-corrected chi connectivity index (χ1v) is 7.73. The number of carbonyl (C=O) groups excluding carboxylic acids is 1. The lowest BCUT2D eigenvalue weighted by molar-refractivity contribution is 0.0749. The molecule has 1 aromatic carbocycles. The second-order valence-corrected chi connectivity index (χ2v) is 6.27. The highest BCUT2D eigenvalue weighted by atomic mass is 35.5. The highest BCUT2D eigenvalue weighted by molar-refractivity contribution is 6.33. The summed E-state index contributed by atoms with van der Waals surface area (Å²) in [7, 11) is 0. The Kier molecular flexibility index (Phi) is 5.44. The van der Waals surface area contributed by atoms with Crippen molar-refractivity contribution < 1.29 is 4.79 Å². The molecule has 1 N–H and O–H groups in total. The SMILES string of the molecule is CC(C)CC1CN(C(=O)c2ccccc2Cl)CCCN1. The second-order valence-electron chi connectivity index (χ2n) is 5.87. The van der Waals surface area contributed by atoms with E-state index in [1.165, 1.54) is 0 Å². The van der Waals surface area contributed by atoms with Gasteiger partial charge in [-0.3, -0.25) is 4.79 Å². The lowest BCUT2D eigenvalue weighted by Gasteiger charge is -2.26. The maximum absolute atomic E-state index is 12.6. The molecule has 1 fully saturated rings. The van der Waals surface area contributed by atoms with Crippen LogP contribution in [0.15, 0.2) is 24.3 Å². The number of hydrogen-bond acceptors (Lipinski definition) is 2. The van der Waals surface area contributed by atoms with Crippen LogP contribution in [0.2, 0.25) is 5.02 Å². The van der Waals surface area contributed by atoms with Gasteiger partial charge in [-0.2, -0.15) is 0 Å². The van der Waals surface area contributed by atoms with E-state index in [0.29, 0.717) is 22.5 Å². The number of hydrogen-bond donors (Lipinski definition) is 1. The average Bonchev–Trinajstić information content (AvgIpc) is 2.63. The number of benzene rings is 1. The van der Waals surface area contributed by atoms with Crippen molar-refractivity contribution >= 4 is 17.5 Å². The van der Waals surface area contributed by atoms with Crippen LogP contribution in [-0.4, -0.2) is 36.5 Å². The van der Waals surface area contributed by atoms with Crippen molar-refractivity contribution in [1.82, 2.24) is 10.2 Å². The van der Waals surface area contributed by atoms with E-state index in [4.69, 9.17) is 11.6 Å². The molecule has 1 unspecified atom stereocenters. The summed E-state index contributed by atoms with van der Waals surface area (Å²) in [5.41, 5.74) is 0.611. The molecule has 0 radical (unpaired) electrons. The Labute approximate surface area is 126 Å². The zero-order valence-electron chi connectivity index (χ0n) is 12.2. The van der Waals surface area contributed by atoms with E-state index in [-0.39, 0.29) is 5.91 Å². The Hall–Kier alpha value is -1.06. The third kappa shape index (κ3) is 3.97. The minimum Gasteiger partial charge on any atom is -0.337 e. The highest BCUT2D eigenvalue weighted by Crippen LogP contribution is 2.19. The van der Waals surface area contributed by atoms with Gasteiger partial charge in [0.1, 0.15) is 0 Å². The maximum atomic E-state index is 12.6. The van der Waals surface area contributed by atoms with Gasteiger partial charge in [-0.1, -0.05) is 37.6 Å². The van der Waals surface area contributed by atoms with Gasteiger partial charge in [0.25, 0.3) is 5.91 Å². The second kappa shape index (κ2) is 7.09. The van der Waals surface area contributed by atoms with Crippen molar-refractivity contribution in [3.8, 4) is 0 Å². The van der Waals surface area contributed by atoms with Crippen molar-refractivity contribution in [1.29, 1.82) is 0 Å². The van der Waals surface area contributed by atoms with Gasteiger partial charge in [-0.15, -0.1) is 0 Å². The van der Waals surface area contributed by atoms with Gasteiger partial charge >= 0.3 is 0 Å². The average molecular weight is 295 g/mol. The fourth-order valence-corrected chi connectivity index (χ4v) is 2.93. The fourth-order valence-electron chi connectivity index (χ4n) is 2.71. The molecule has 1 aliphatic heterocycles. The van der Waals surface area contributed by atoms with E-state index < -0.39 is 0 Å². The van der Waals surface area contributed by atoms with E-state index in [1.807, 2.05) is 17.0 Å². The van der Waals surface area contributed by atoms with Crippen LogP contribution in [0.3, 0.4) is 0 Å². The number of nitrogens with zero attached hydrogens (tertiary/aromatic N) is 1. The number of carbonyl (C=O) groups is 1. The Bertz CT molecular complexity index is 462. The van der Waals surface area contributed by atoms with Crippen molar-refractivity contribution in [2.45, 2.75) is 32.7 Å². The number of halogens is 1. The van der Waals surface area contributed by atoms with Crippen molar-refractivity contribution in [3.05, 3.63) is 34.9 Å². The molecular formula is C16H23ClN2O. The molecule has 1 atom stereocenters. The predicted molar refractivity (Wildman–Crippen MR) is 83.2 cm³/mol. The molecule has 110 valence electrons. The van der Waals surface area contributed by atoms with Gasteiger partial charge in [0.05, 0.1) is 10.6 Å². The lowest BCUT2D eigenvalue weighted by atomic mass is 10.0. The van der Waals surface area contributed by atoms with E-state index in [1.54, 1.807) is 12.1 Å². The Morgan fingerprint density at radius 1 is 1.45 bits per heavy atom. The minimum atomic E-state index is 0.0491. The maximum Gasteiger partial charge on any atom is 0.255 e. The number of amides is 1. The van der Waals surface area contributed by atoms with Crippen LogP contribution in [0.5, 0.6) is 0 Å². The summed E-state index contributed by atoms with van der Waals surface area (Å²) in [6.07, 6.45) is 2.08. The van der Waals surface area contributed by atoms with Crippen molar-refractivity contribution in [2.24, 2.45) is 5.92 Å². The van der Waals surface area contributed by atoms with Crippen LogP contribution in [0, 0.1) is 5.92 Å². The summed E-state index contributed by atoms with van der Waals surface area (Å²) >= 11 is 6.14. The molecule has 0 saturated carbocycles. The third-order valence-corrected chi connectivity index (χ3v) is 3.96. The van der Waals surface area contributed by atoms with Gasteiger partial charge in [0.2, 0.25) is 0 Å². The minimum absolute atomic E-state index is 0.0491. The van der Waals surface area contributed by atoms with Gasteiger partial charge in [-0.05, 0) is 37.4 Å². The van der Waals surface area contributed by atoms with Crippen LogP contribution < -0.4 is 5.32 Å². The van der Waals surface area contributed by atoms with Gasteiger partial charge < -0.3 is 10.2 Å². The summed E-state index contributed by atoms with van der Waals surface area (Å²) in [5.74, 6) is 0.677. The molecule has 1 aliphatic rings. The van der Waals surface area contributed by atoms with Crippen molar-refractivity contribution in [2.75, 3.05) is 19.6 Å².